The van der Waals surface area contributed by atoms with Crippen molar-refractivity contribution in [3.63, 3.8) is 0 Å². The van der Waals surface area contributed by atoms with Crippen LogP contribution in [0.15, 0.2) is 59.0 Å². The molecule has 1 aromatic heterocycles. The summed E-state index contributed by atoms with van der Waals surface area (Å²) in [6.45, 7) is 1.91. The fourth-order valence-corrected chi connectivity index (χ4v) is 3.72. The number of hydrogen-bond acceptors (Lipinski definition) is 5. The molecule has 0 spiro atoms. The van der Waals surface area contributed by atoms with Gasteiger partial charge in [0.05, 0.1) is 12.5 Å². The average molecular weight is 376 g/mol. The molecule has 4 rings (SSSR count). The summed E-state index contributed by atoms with van der Waals surface area (Å²) in [5.74, 6) is -1.08. The van der Waals surface area contributed by atoms with Crippen molar-refractivity contribution in [1.29, 1.82) is 0 Å². The molecule has 0 radical (unpaired) electrons. The summed E-state index contributed by atoms with van der Waals surface area (Å²) >= 11 is 0. The maximum absolute atomic E-state index is 13.2. The van der Waals surface area contributed by atoms with Crippen LogP contribution < -0.4 is 10.6 Å². The number of amides is 1. The second-order valence-corrected chi connectivity index (χ2v) is 6.56. The molecule has 0 saturated carbocycles. The lowest BCUT2D eigenvalue weighted by Gasteiger charge is -2.13. The van der Waals surface area contributed by atoms with E-state index in [0.717, 1.165) is 16.8 Å². The van der Waals surface area contributed by atoms with E-state index >= 15 is 0 Å². The lowest BCUT2D eigenvalue weighted by molar-refractivity contribution is -0.118. The van der Waals surface area contributed by atoms with Crippen molar-refractivity contribution in [2.75, 3.05) is 24.3 Å². The first-order chi connectivity index (χ1) is 13.5. The Bertz CT molecular complexity index is 1060. The number of ether oxygens (including phenoxy) is 1. The number of esters is 1. The Morgan fingerprint density at radius 1 is 1.14 bits per heavy atom. The molecule has 0 bridgehead atoms. The Morgan fingerprint density at radius 3 is 2.54 bits per heavy atom. The van der Waals surface area contributed by atoms with E-state index < -0.39 is 11.9 Å². The average Bonchev–Trinajstić information content (AvgIpc) is 3.17. The molecule has 1 unspecified atom stereocenters. The third-order valence-electron chi connectivity index (χ3n) is 4.96. The highest BCUT2D eigenvalue weighted by atomic mass is 16.5. The van der Waals surface area contributed by atoms with Gasteiger partial charge in [-0.15, -0.1) is 0 Å². The van der Waals surface area contributed by atoms with E-state index in [0.29, 0.717) is 11.3 Å². The second kappa shape index (κ2) is 6.88. The van der Waals surface area contributed by atoms with Crippen LogP contribution >= 0.6 is 0 Å². The van der Waals surface area contributed by atoms with Gasteiger partial charge < -0.3 is 19.8 Å². The molecular formula is C22H20N2O4. The van der Waals surface area contributed by atoms with Gasteiger partial charge in [-0.1, -0.05) is 48.5 Å². The Balaban J connectivity index is 2.00. The van der Waals surface area contributed by atoms with Crippen molar-refractivity contribution in [2.24, 2.45) is 0 Å². The number of para-hydroxylation sites is 1. The van der Waals surface area contributed by atoms with Crippen molar-refractivity contribution < 1.29 is 18.7 Å². The Kier molecular flexibility index (Phi) is 4.39. The minimum Gasteiger partial charge on any atom is -0.462 e. The minimum absolute atomic E-state index is 0.0489. The maximum Gasteiger partial charge on any atom is 0.344 e. The number of nitrogen functional groups attached to an aromatic ring is 1. The molecule has 3 aromatic rings. The van der Waals surface area contributed by atoms with Crippen molar-refractivity contribution >= 4 is 23.4 Å². The monoisotopic (exact) mass is 376 g/mol. The highest BCUT2D eigenvalue weighted by Gasteiger charge is 2.42. The third-order valence-corrected chi connectivity index (χ3v) is 4.96. The van der Waals surface area contributed by atoms with Crippen LogP contribution in [0.1, 0.15) is 34.3 Å². The van der Waals surface area contributed by atoms with E-state index in [9.17, 15) is 9.59 Å². The summed E-state index contributed by atoms with van der Waals surface area (Å²) in [5.41, 5.74) is 8.99. The van der Waals surface area contributed by atoms with E-state index in [4.69, 9.17) is 14.9 Å². The molecule has 6 nitrogen and oxygen atoms in total. The van der Waals surface area contributed by atoms with Gasteiger partial charge in [0.25, 0.3) is 0 Å². The standard InChI is InChI=1S/C22H20N2O4/c1-3-27-22(26)18-17(19(28-20(18)23)13-9-5-4-6-10-13)16-14-11-7-8-12-15(14)24(2)21(16)25/h4-12,16H,3,23H2,1-2H3. The normalized spacial score (nSPS) is 15.6. The van der Waals surface area contributed by atoms with Crippen LogP contribution in [0.25, 0.3) is 11.3 Å². The van der Waals surface area contributed by atoms with Gasteiger partial charge in [0, 0.05) is 23.9 Å². The lowest BCUT2D eigenvalue weighted by Crippen LogP contribution is -2.25. The van der Waals surface area contributed by atoms with E-state index in [2.05, 4.69) is 0 Å². The fourth-order valence-electron chi connectivity index (χ4n) is 3.72. The Labute approximate surface area is 162 Å². The van der Waals surface area contributed by atoms with Crippen LogP contribution in [0.3, 0.4) is 0 Å². The summed E-state index contributed by atoms with van der Waals surface area (Å²) in [6.07, 6.45) is 0. The van der Waals surface area contributed by atoms with Gasteiger partial charge >= 0.3 is 5.97 Å². The smallest absolute Gasteiger partial charge is 0.344 e. The number of carbonyl (C=O) groups is 2. The molecule has 2 aromatic carbocycles. The van der Waals surface area contributed by atoms with Crippen LogP contribution in [0, 0.1) is 0 Å². The van der Waals surface area contributed by atoms with Crippen molar-refractivity contribution in [2.45, 2.75) is 12.8 Å². The molecular weight excluding hydrogens is 356 g/mol. The molecule has 2 heterocycles. The number of likely N-dealkylation sites (N-methyl/N-ethyl adjacent to an activating group) is 1. The number of hydrogen-bond donors (Lipinski definition) is 1. The molecule has 28 heavy (non-hydrogen) atoms. The fraction of sp³-hybridized carbons (Fsp3) is 0.182. The first kappa shape index (κ1) is 17.9. The van der Waals surface area contributed by atoms with E-state index in [1.54, 1.807) is 18.9 Å². The second-order valence-electron chi connectivity index (χ2n) is 6.56. The largest absolute Gasteiger partial charge is 0.462 e. The molecule has 1 aliphatic heterocycles. The van der Waals surface area contributed by atoms with Gasteiger partial charge in [0.2, 0.25) is 11.8 Å². The van der Waals surface area contributed by atoms with Gasteiger partial charge in [0.15, 0.2) is 0 Å². The molecule has 142 valence electrons. The molecule has 0 aliphatic carbocycles. The molecule has 1 aliphatic rings. The third kappa shape index (κ3) is 2.65. The van der Waals surface area contributed by atoms with Gasteiger partial charge in [-0.25, -0.2) is 4.79 Å². The van der Waals surface area contributed by atoms with Crippen molar-refractivity contribution in [1.82, 2.24) is 0 Å². The number of furan rings is 1. The molecule has 2 N–H and O–H groups in total. The van der Waals surface area contributed by atoms with Gasteiger partial charge in [0.1, 0.15) is 11.3 Å². The zero-order valence-corrected chi connectivity index (χ0v) is 15.6. The summed E-state index contributed by atoms with van der Waals surface area (Å²) in [7, 11) is 1.72. The number of benzene rings is 2. The van der Waals surface area contributed by atoms with Gasteiger partial charge in [-0.3, -0.25) is 4.79 Å². The summed E-state index contributed by atoms with van der Waals surface area (Å²) in [4.78, 5) is 27.5. The number of fused-ring (bicyclic) bond motifs is 1. The number of carbonyl (C=O) groups excluding carboxylic acids is 2. The van der Waals surface area contributed by atoms with Crippen LogP contribution in [-0.4, -0.2) is 25.5 Å². The first-order valence-electron chi connectivity index (χ1n) is 9.05. The molecule has 1 amide bonds. The minimum atomic E-state index is -0.697. The Morgan fingerprint density at radius 2 is 1.82 bits per heavy atom. The highest BCUT2D eigenvalue weighted by Crippen LogP contribution is 2.47. The van der Waals surface area contributed by atoms with Gasteiger partial charge in [-0.2, -0.15) is 0 Å². The number of anilines is 2. The van der Waals surface area contributed by atoms with Crippen molar-refractivity contribution in [3.8, 4) is 11.3 Å². The highest BCUT2D eigenvalue weighted by molar-refractivity contribution is 6.10. The number of rotatable bonds is 4. The zero-order chi connectivity index (χ0) is 19.8. The van der Waals surface area contributed by atoms with Crippen molar-refractivity contribution in [3.05, 3.63) is 71.3 Å². The van der Waals surface area contributed by atoms with E-state index in [1.165, 1.54) is 0 Å². The summed E-state index contributed by atoms with van der Waals surface area (Å²) in [5, 5.41) is 0. The van der Waals surface area contributed by atoms with Crippen LogP contribution in [-0.2, 0) is 9.53 Å². The summed E-state index contributed by atoms with van der Waals surface area (Å²) < 4.78 is 11.0. The molecule has 6 heteroatoms. The van der Waals surface area contributed by atoms with E-state index in [-0.39, 0.29) is 24.0 Å². The van der Waals surface area contributed by atoms with Crippen LogP contribution in [0.2, 0.25) is 0 Å². The molecule has 1 atom stereocenters. The van der Waals surface area contributed by atoms with Gasteiger partial charge in [-0.05, 0) is 18.6 Å². The summed E-state index contributed by atoms with van der Waals surface area (Å²) in [6, 6.07) is 16.8. The maximum atomic E-state index is 13.2. The zero-order valence-electron chi connectivity index (χ0n) is 15.6. The Hall–Kier alpha value is -3.54. The number of nitrogens with two attached hydrogens (primary N) is 1. The lowest BCUT2D eigenvalue weighted by atomic mass is 9.88. The topological polar surface area (TPSA) is 85.8 Å². The molecule has 0 fully saturated rings. The van der Waals surface area contributed by atoms with Crippen LogP contribution in [0.4, 0.5) is 11.6 Å². The number of nitrogens with zero attached hydrogens (tertiary/aromatic N) is 1. The van der Waals surface area contributed by atoms with Crippen LogP contribution in [0.5, 0.6) is 0 Å². The predicted octanol–water partition coefficient (Wildman–Crippen LogP) is 3.81. The van der Waals surface area contributed by atoms with E-state index in [1.807, 2.05) is 54.6 Å². The molecule has 0 saturated heterocycles. The quantitative estimate of drug-likeness (QED) is 0.700. The SMILES string of the molecule is CCOC(=O)c1c(N)oc(-c2ccccc2)c1C1C(=O)N(C)c2ccccc21. The first-order valence-corrected chi connectivity index (χ1v) is 9.05. The predicted molar refractivity (Wildman–Crippen MR) is 106 cm³/mol.